The Kier molecular flexibility index (Phi) is 6.56. The summed E-state index contributed by atoms with van der Waals surface area (Å²) in [4.78, 5) is 13.5. The molecule has 0 amide bonds. The molecule has 0 N–H and O–H groups in total. The largest absolute Gasteiger partial charge is 0.299 e. The highest BCUT2D eigenvalue weighted by molar-refractivity contribution is 9.09. The van der Waals surface area contributed by atoms with Crippen LogP contribution >= 0.6 is 32.9 Å². The quantitative estimate of drug-likeness (QED) is 0.569. The van der Waals surface area contributed by atoms with Crippen molar-refractivity contribution in [1.29, 1.82) is 0 Å². The summed E-state index contributed by atoms with van der Waals surface area (Å²) in [5, 5.41) is -0.0771. The Labute approximate surface area is 130 Å². The lowest BCUT2D eigenvalue weighted by molar-refractivity contribution is 0.101. The van der Waals surface area contributed by atoms with E-state index >= 15 is 0 Å². The van der Waals surface area contributed by atoms with E-state index in [2.05, 4.69) is 20.8 Å². The Balaban J connectivity index is 0.00000180. The van der Waals surface area contributed by atoms with Gasteiger partial charge in [-0.05, 0) is 43.6 Å². The highest BCUT2D eigenvalue weighted by atomic mass is 79.9. The highest BCUT2D eigenvalue weighted by Gasteiger charge is 2.19. The van der Waals surface area contributed by atoms with Crippen LogP contribution < -0.4 is 0 Å². The number of hydrogen-bond acceptors (Lipinski definition) is 2. The van der Waals surface area contributed by atoms with Gasteiger partial charge in [0.1, 0.15) is 11.6 Å². The second-order valence-corrected chi connectivity index (χ2v) is 5.04. The average molecular weight is 399 g/mol. The molecule has 0 aliphatic carbocycles. The van der Waals surface area contributed by atoms with Gasteiger partial charge in [0.2, 0.25) is 0 Å². The third kappa shape index (κ3) is 4.07. The molecular weight excluding hydrogens is 384 g/mol. The van der Waals surface area contributed by atoms with E-state index in [1.54, 1.807) is 0 Å². The van der Waals surface area contributed by atoms with Crippen molar-refractivity contribution in [3.05, 3.63) is 34.9 Å². The zero-order valence-electron chi connectivity index (χ0n) is 10.3. The van der Waals surface area contributed by atoms with Crippen molar-refractivity contribution in [3.63, 3.8) is 0 Å². The molecule has 1 aromatic rings. The maximum absolute atomic E-state index is 13.7. The SMILES string of the molecule is Br.O=C(CBr)c1c(F)cc(CN2CCCC2)cc1F. The molecule has 1 saturated heterocycles. The molecule has 2 nitrogen and oxygen atoms in total. The standard InChI is InChI=1S/C13H14BrF2NO.BrH/c14-7-12(18)13-10(15)5-9(6-11(13)16)8-17-3-1-2-4-17;/h5-6H,1-4,7-8H2;1H. The molecule has 0 spiro atoms. The van der Waals surface area contributed by atoms with Gasteiger partial charge in [0.15, 0.2) is 5.78 Å². The minimum atomic E-state index is -0.770. The zero-order valence-corrected chi connectivity index (χ0v) is 13.6. The van der Waals surface area contributed by atoms with Crippen LogP contribution in [0.25, 0.3) is 0 Å². The summed E-state index contributed by atoms with van der Waals surface area (Å²) in [6, 6.07) is 2.52. The van der Waals surface area contributed by atoms with E-state index in [9.17, 15) is 13.6 Å². The van der Waals surface area contributed by atoms with E-state index in [0.717, 1.165) is 25.9 Å². The maximum Gasteiger partial charge on any atom is 0.179 e. The van der Waals surface area contributed by atoms with Crippen LogP contribution in [0.1, 0.15) is 28.8 Å². The van der Waals surface area contributed by atoms with E-state index in [1.165, 1.54) is 12.1 Å². The monoisotopic (exact) mass is 397 g/mol. The molecule has 0 saturated carbocycles. The predicted octanol–water partition coefficient (Wildman–Crippen LogP) is 3.72. The molecule has 106 valence electrons. The Morgan fingerprint density at radius 3 is 2.21 bits per heavy atom. The Hall–Kier alpha value is -0.330. The summed E-state index contributed by atoms with van der Waals surface area (Å²) in [7, 11) is 0. The maximum atomic E-state index is 13.7. The highest BCUT2D eigenvalue weighted by Crippen LogP contribution is 2.19. The number of Topliss-reactive ketones (excluding diaryl/α,β-unsaturated/α-hetero) is 1. The predicted molar refractivity (Wildman–Crippen MR) is 79.3 cm³/mol. The number of rotatable bonds is 4. The van der Waals surface area contributed by atoms with Gasteiger partial charge in [-0.1, -0.05) is 15.9 Å². The molecule has 1 aliphatic heterocycles. The minimum absolute atomic E-state index is 0. The molecule has 0 atom stereocenters. The first kappa shape index (κ1) is 16.7. The van der Waals surface area contributed by atoms with Crippen molar-refractivity contribution in [1.82, 2.24) is 4.90 Å². The van der Waals surface area contributed by atoms with Gasteiger partial charge in [0.25, 0.3) is 0 Å². The second kappa shape index (κ2) is 7.45. The van der Waals surface area contributed by atoms with Gasteiger partial charge in [-0.2, -0.15) is 0 Å². The van der Waals surface area contributed by atoms with Crippen LogP contribution in [0.15, 0.2) is 12.1 Å². The first-order valence-corrected chi connectivity index (χ1v) is 7.03. The first-order valence-electron chi connectivity index (χ1n) is 5.91. The number of halogens is 4. The topological polar surface area (TPSA) is 20.3 Å². The number of carbonyl (C=O) groups is 1. The molecule has 1 fully saturated rings. The van der Waals surface area contributed by atoms with Crippen molar-refractivity contribution in [2.24, 2.45) is 0 Å². The Morgan fingerprint density at radius 1 is 1.21 bits per heavy atom. The fourth-order valence-electron chi connectivity index (χ4n) is 2.25. The number of hydrogen-bond donors (Lipinski definition) is 0. The molecule has 0 radical (unpaired) electrons. The summed E-state index contributed by atoms with van der Waals surface area (Å²) < 4.78 is 27.4. The van der Waals surface area contributed by atoms with Gasteiger partial charge in [-0.3, -0.25) is 9.69 Å². The zero-order chi connectivity index (χ0) is 13.1. The van der Waals surface area contributed by atoms with E-state index < -0.39 is 23.0 Å². The van der Waals surface area contributed by atoms with Crippen LogP contribution in [0.4, 0.5) is 8.78 Å². The summed E-state index contributed by atoms with van der Waals surface area (Å²) in [5.41, 5.74) is 0.134. The molecule has 19 heavy (non-hydrogen) atoms. The van der Waals surface area contributed by atoms with Crippen LogP contribution in [-0.4, -0.2) is 29.1 Å². The lowest BCUT2D eigenvalue weighted by atomic mass is 10.1. The summed E-state index contributed by atoms with van der Waals surface area (Å²) in [5.74, 6) is -2.11. The normalized spacial score (nSPS) is 15.3. The number of likely N-dealkylation sites (tertiary alicyclic amines) is 1. The number of carbonyl (C=O) groups excluding carboxylic acids is 1. The van der Waals surface area contributed by atoms with E-state index in [0.29, 0.717) is 12.1 Å². The third-order valence-electron chi connectivity index (χ3n) is 3.11. The molecule has 1 heterocycles. The fraction of sp³-hybridized carbons (Fsp3) is 0.462. The van der Waals surface area contributed by atoms with Crippen molar-refractivity contribution in [3.8, 4) is 0 Å². The van der Waals surface area contributed by atoms with Gasteiger partial charge >= 0.3 is 0 Å². The lowest BCUT2D eigenvalue weighted by Crippen LogP contribution is -2.19. The smallest absolute Gasteiger partial charge is 0.179 e. The van der Waals surface area contributed by atoms with Crippen LogP contribution in [0.2, 0.25) is 0 Å². The fourth-order valence-corrected chi connectivity index (χ4v) is 2.53. The Morgan fingerprint density at radius 2 is 1.74 bits per heavy atom. The van der Waals surface area contributed by atoms with Crippen molar-refractivity contribution in [2.75, 3.05) is 18.4 Å². The van der Waals surface area contributed by atoms with Crippen LogP contribution in [0.5, 0.6) is 0 Å². The summed E-state index contributed by atoms with van der Waals surface area (Å²) in [6.45, 7) is 2.47. The van der Waals surface area contributed by atoms with Crippen molar-refractivity contribution >= 4 is 38.7 Å². The lowest BCUT2D eigenvalue weighted by Gasteiger charge is -2.15. The molecular formula is C13H15Br2F2NO. The Bertz CT molecular complexity index is 439. The van der Waals surface area contributed by atoms with Crippen LogP contribution in [-0.2, 0) is 6.54 Å². The second-order valence-electron chi connectivity index (χ2n) is 4.47. The van der Waals surface area contributed by atoms with Gasteiger partial charge < -0.3 is 0 Å². The number of alkyl halides is 1. The van der Waals surface area contributed by atoms with E-state index in [-0.39, 0.29) is 22.3 Å². The molecule has 0 aromatic heterocycles. The van der Waals surface area contributed by atoms with Crippen LogP contribution in [0.3, 0.4) is 0 Å². The van der Waals surface area contributed by atoms with Gasteiger partial charge in [0, 0.05) is 6.54 Å². The van der Waals surface area contributed by atoms with E-state index in [1.807, 2.05) is 0 Å². The molecule has 1 aromatic carbocycles. The number of benzene rings is 1. The average Bonchev–Trinajstić information content (AvgIpc) is 2.80. The third-order valence-corrected chi connectivity index (χ3v) is 3.62. The molecule has 0 unspecified atom stereocenters. The van der Waals surface area contributed by atoms with Gasteiger partial charge in [-0.25, -0.2) is 8.78 Å². The molecule has 2 rings (SSSR count). The minimum Gasteiger partial charge on any atom is -0.299 e. The molecule has 6 heteroatoms. The van der Waals surface area contributed by atoms with Crippen molar-refractivity contribution in [2.45, 2.75) is 19.4 Å². The summed E-state index contributed by atoms with van der Waals surface area (Å²) in [6.07, 6.45) is 2.26. The summed E-state index contributed by atoms with van der Waals surface area (Å²) >= 11 is 2.92. The van der Waals surface area contributed by atoms with Crippen LogP contribution in [0, 0.1) is 11.6 Å². The molecule has 1 aliphatic rings. The van der Waals surface area contributed by atoms with Crippen molar-refractivity contribution < 1.29 is 13.6 Å². The first-order chi connectivity index (χ1) is 8.61. The molecule has 0 bridgehead atoms. The number of ketones is 1. The van der Waals surface area contributed by atoms with Gasteiger partial charge in [-0.15, -0.1) is 17.0 Å². The van der Waals surface area contributed by atoms with E-state index in [4.69, 9.17) is 0 Å². The van der Waals surface area contributed by atoms with Gasteiger partial charge in [0.05, 0.1) is 10.9 Å². The number of nitrogens with zero attached hydrogens (tertiary/aromatic N) is 1.